The van der Waals surface area contributed by atoms with E-state index in [9.17, 15) is 5.11 Å². The first-order valence-electron chi connectivity index (χ1n) is 7.23. The quantitative estimate of drug-likeness (QED) is 0.944. The maximum absolute atomic E-state index is 9.28. The van der Waals surface area contributed by atoms with Crippen LogP contribution in [0.4, 0.5) is 0 Å². The molecule has 1 atom stereocenters. The first kappa shape index (κ1) is 13.3. The zero-order valence-electron chi connectivity index (χ0n) is 12.0. The second kappa shape index (κ2) is 5.42. The lowest BCUT2D eigenvalue weighted by molar-refractivity contribution is 0.000182. The van der Waals surface area contributed by atoms with Crippen molar-refractivity contribution < 1.29 is 24.1 Å². The monoisotopic (exact) mass is 300 g/mol. The number of hydrogen-bond acceptors (Lipinski definition) is 5. The fourth-order valence-corrected chi connectivity index (χ4v) is 2.70. The summed E-state index contributed by atoms with van der Waals surface area (Å²) in [7, 11) is 0. The van der Waals surface area contributed by atoms with Crippen LogP contribution in [0.5, 0.6) is 23.0 Å². The highest BCUT2D eigenvalue weighted by Crippen LogP contribution is 2.45. The molecule has 2 aliphatic rings. The van der Waals surface area contributed by atoms with Crippen molar-refractivity contribution in [2.24, 2.45) is 0 Å². The molecule has 2 aliphatic heterocycles. The Morgan fingerprint density at radius 1 is 1.00 bits per heavy atom. The van der Waals surface area contributed by atoms with E-state index in [0.29, 0.717) is 19.0 Å². The molecule has 114 valence electrons. The fourth-order valence-electron chi connectivity index (χ4n) is 2.70. The molecule has 5 nitrogen and oxygen atoms in total. The molecule has 0 saturated heterocycles. The van der Waals surface area contributed by atoms with Gasteiger partial charge in [0.05, 0.1) is 12.7 Å². The molecule has 4 rings (SSSR count). The van der Waals surface area contributed by atoms with Crippen LogP contribution in [0.1, 0.15) is 11.1 Å². The van der Waals surface area contributed by atoms with Crippen LogP contribution in [0, 0.1) is 0 Å². The van der Waals surface area contributed by atoms with E-state index in [1.807, 2.05) is 24.3 Å². The maximum Gasteiger partial charge on any atom is 0.231 e. The van der Waals surface area contributed by atoms with Crippen LogP contribution in [0.2, 0.25) is 0 Å². The molecule has 2 aromatic rings. The molecular weight excluding hydrogens is 284 g/mol. The van der Waals surface area contributed by atoms with Gasteiger partial charge in [0.2, 0.25) is 12.5 Å². The zero-order chi connectivity index (χ0) is 14.9. The summed E-state index contributed by atoms with van der Waals surface area (Å²) in [5, 5.41) is 9.28. The van der Waals surface area contributed by atoms with Gasteiger partial charge in [0.25, 0.3) is 0 Å². The Morgan fingerprint density at radius 2 is 1.86 bits per heavy atom. The van der Waals surface area contributed by atoms with E-state index in [1.54, 1.807) is 12.1 Å². The van der Waals surface area contributed by atoms with Crippen molar-refractivity contribution in [1.82, 2.24) is 0 Å². The Balaban J connectivity index is 1.43. The van der Waals surface area contributed by atoms with E-state index in [4.69, 9.17) is 18.9 Å². The average molecular weight is 300 g/mol. The van der Waals surface area contributed by atoms with Crippen LogP contribution in [0.15, 0.2) is 36.4 Å². The Kier molecular flexibility index (Phi) is 3.27. The number of rotatable bonds is 3. The normalized spacial score (nSPS) is 18.6. The smallest absolute Gasteiger partial charge is 0.231 e. The van der Waals surface area contributed by atoms with Crippen LogP contribution in [0.25, 0.3) is 0 Å². The summed E-state index contributed by atoms with van der Waals surface area (Å²) >= 11 is 0. The summed E-state index contributed by atoms with van der Waals surface area (Å²) in [4.78, 5) is 0. The summed E-state index contributed by atoms with van der Waals surface area (Å²) < 4.78 is 22.5. The molecule has 1 N–H and O–H groups in total. The number of phenols is 1. The molecule has 0 fully saturated rings. The molecule has 2 aromatic carbocycles. The highest BCUT2D eigenvalue weighted by atomic mass is 16.7. The first-order valence-corrected chi connectivity index (χ1v) is 7.23. The summed E-state index contributed by atoms with van der Waals surface area (Å²) in [5.74, 6) is 2.48. The third-order valence-electron chi connectivity index (χ3n) is 3.86. The molecule has 0 spiro atoms. The number of fused-ring (bicyclic) bond motifs is 3. The van der Waals surface area contributed by atoms with Crippen molar-refractivity contribution in [2.75, 3.05) is 13.4 Å². The second-order valence-corrected chi connectivity index (χ2v) is 5.40. The highest BCUT2D eigenvalue weighted by molar-refractivity contribution is 5.57. The molecule has 0 bridgehead atoms. The van der Waals surface area contributed by atoms with Gasteiger partial charge in [0.1, 0.15) is 12.4 Å². The van der Waals surface area contributed by atoms with Crippen LogP contribution in [-0.4, -0.2) is 24.6 Å². The second-order valence-electron chi connectivity index (χ2n) is 5.40. The van der Waals surface area contributed by atoms with Gasteiger partial charge in [-0.25, -0.2) is 0 Å². The minimum absolute atomic E-state index is 0.00155. The molecule has 0 unspecified atom stereocenters. The lowest BCUT2D eigenvalue weighted by Gasteiger charge is -2.26. The van der Waals surface area contributed by atoms with Gasteiger partial charge in [-0.05, 0) is 23.8 Å². The van der Waals surface area contributed by atoms with E-state index >= 15 is 0 Å². The SMILES string of the molecule is Oc1ccc(CO[C@H]2COc3c(ccc4c3OCO4)C2)cc1. The van der Waals surface area contributed by atoms with E-state index in [1.165, 1.54) is 0 Å². The number of aromatic hydroxyl groups is 1. The van der Waals surface area contributed by atoms with Gasteiger partial charge in [-0.3, -0.25) is 0 Å². The predicted molar refractivity (Wildman–Crippen MR) is 78.4 cm³/mol. The molecule has 0 amide bonds. The van der Waals surface area contributed by atoms with Crippen molar-refractivity contribution in [3.8, 4) is 23.0 Å². The van der Waals surface area contributed by atoms with Gasteiger partial charge in [-0.15, -0.1) is 0 Å². The van der Waals surface area contributed by atoms with Gasteiger partial charge in [-0.2, -0.15) is 0 Å². The molecule has 2 heterocycles. The summed E-state index contributed by atoms with van der Waals surface area (Å²) in [5.41, 5.74) is 2.10. The molecule has 0 radical (unpaired) electrons. The minimum Gasteiger partial charge on any atom is -0.508 e. The van der Waals surface area contributed by atoms with Gasteiger partial charge in [0.15, 0.2) is 11.5 Å². The average Bonchev–Trinajstić information content (AvgIpc) is 3.03. The van der Waals surface area contributed by atoms with E-state index in [0.717, 1.165) is 29.0 Å². The van der Waals surface area contributed by atoms with Crippen molar-refractivity contribution in [3.63, 3.8) is 0 Å². The summed E-state index contributed by atoms with van der Waals surface area (Å²) in [6, 6.07) is 10.9. The molecule has 0 aliphatic carbocycles. The van der Waals surface area contributed by atoms with E-state index in [-0.39, 0.29) is 18.6 Å². The van der Waals surface area contributed by atoms with Crippen LogP contribution < -0.4 is 14.2 Å². The topological polar surface area (TPSA) is 57.2 Å². The van der Waals surface area contributed by atoms with Crippen molar-refractivity contribution >= 4 is 0 Å². The van der Waals surface area contributed by atoms with Gasteiger partial charge < -0.3 is 24.1 Å². The van der Waals surface area contributed by atoms with E-state index < -0.39 is 0 Å². The van der Waals surface area contributed by atoms with Crippen molar-refractivity contribution in [1.29, 1.82) is 0 Å². The predicted octanol–water partition coefficient (Wildman–Crippen LogP) is 2.64. The van der Waals surface area contributed by atoms with Crippen LogP contribution in [-0.2, 0) is 17.8 Å². The minimum atomic E-state index is 0.00155. The Labute approximate surface area is 128 Å². The Morgan fingerprint density at radius 3 is 2.73 bits per heavy atom. The number of phenolic OH excluding ortho intramolecular Hbond substituents is 1. The van der Waals surface area contributed by atoms with Crippen LogP contribution >= 0.6 is 0 Å². The fraction of sp³-hybridized carbons (Fsp3) is 0.294. The third-order valence-corrected chi connectivity index (χ3v) is 3.86. The highest BCUT2D eigenvalue weighted by Gasteiger charge is 2.28. The number of benzene rings is 2. The van der Waals surface area contributed by atoms with Crippen LogP contribution in [0.3, 0.4) is 0 Å². The molecule has 5 heteroatoms. The number of hydrogen-bond donors (Lipinski definition) is 1. The summed E-state index contributed by atoms with van der Waals surface area (Å²) in [6.45, 7) is 1.23. The van der Waals surface area contributed by atoms with Crippen molar-refractivity contribution in [3.05, 3.63) is 47.5 Å². The Bertz CT molecular complexity index is 680. The van der Waals surface area contributed by atoms with Gasteiger partial charge in [0, 0.05) is 12.0 Å². The molecular formula is C17H16O5. The largest absolute Gasteiger partial charge is 0.508 e. The third kappa shape index (κ3) is 2.44. The van der Waals surface area contributed by atoms with Crippen molar-refractivity contribution in [2.45, 2.75) is 19.1 Å². The lowest BCUT2D eigenvalue weighted by atomic mass is 10.0. The zero-order valence-corrected chi connectivity index (χ0v) is 12.0. The summed E-state index contributed by atoms with van der Waals surface area (Å²) in [6.07, 6.45) is 0.783. The van der Waals surface area contributed by atoms with E-state index in [2.05, 4.69) is 0 Å². The number of ether oxygens (including phenoxy) is 4. The maximum atomic E-state index is 9.28. The lowest BCUT2D eigenvalue weighted by Crippen LogP contribution is -2.28. The molecule has 0 saturated carbocycles. The van der Waals surface area contributed by atoms with Gasteiger partial charge >= 0.3 is 0 Å². The molecule has 22 heavy (non-hydrogen) atoms. The molecule has 0 aromatic heterocycles. The standard InChI is InChI=1S/C17H16O5/c18-13-4-1-11(2-5-13)8-19-14-7-12-3-6-15-17(22-10-21-15)16(12)20-9-14/h1-6,14,18H,7-10H2/t14-/m1/s1. The van der Waals surface area contributed by atoms with Gasteiger partial charge in [-0.1, -0.05) is 18.2 Å². The first-order chi connectivity index (χ1) is 10.8. The Hall–Kier alpha value is -2.40.